The highest BCUT2D eigenvalue weighted by Crippen LogP contribution is 2.35. The van der Waals surface area contributed by atoms with Crippen LogP contribution in [0.25, 0.3) is 11.3 Å². The number of nitrogens with one attached hydrogen (secondary N) is 1. The highest BCUT2D eigenvalue weighted by atomic mass is 16.5. The number of aromatic nitrogens is 2. The van der Waals surface area contributed by atoms with Crippen molar-refractivity contribution in [2.75, 3.05) is 30.4 Å². The lowest BCUT2D eigenvalue weighted by atomic mass is 9.96. The quantitative estimate of drug-likeness (QED) is 0.442. The van der Waals surface area contributed by atoms with Crippen LogP contribution in [0.1, 0.15) is 51.0 Å². The molecule has 0 radical (unpaired) electrons. The number of nitrogens with two attached hydrogens (primary N) is 1. The van der Waals surface area contributed by atoms with Crippen molar-refractivity contribution in [3.8, 4) is 22.8 Å². The van der Waals surface area contributed by atoms with Gasteiger partial charge in [-0.25, -0.2) is 9.97 Å². The van der Waals surface area contributed by atoms with Gasteiger partial charge in [-0.3, -0.25) is 4.79 Å². The van der Waals surface area contributed by atoms with Gasteiger partial charge >= 0.3 is 0 Å². The highest BCUT2D eigenvalue weighted by molar-refractivity contribution is 5.83. The third-order valence-electron chi connectivity index (χ3n) is 6.82. The van der Waals surface area contributed by atoms with E-state index < -0.39 is 11.5 Å². The number of aryl methyl sites for hydroxylation is 1. The molecule has 1 aliphatic rings. The number of primary amides is 1. The van der Waals surface area contributed by atoms with E-state index >= 15 is 0 Å². The van der Waals surface area contributed by atoms with Gasteiger partial charge in [-0.1, -0.05) is 26.0 Å². The van der Waals surface area contributed by atoms with Crippen molar-refractivity contribution in [1.29, 1.82) is 0 Å². The molecule has 0 fully saturated rings. The van der Waals surface area contributed by atoms with Crippen molar-refractivity contribution in [3.63, 3.8) is 0 Å². The van der Waals surface area contributed by atoms with E-state index in [1.165, 1.54) is 0 Å². The number of anilines is 2. The Morgan fingerprint density at radius 3 is 2.69 bits per heavy atom. The molecule has 36 heavy (non-hydrogen) atoms. The number of fused-ring (bicyclic) bond motifs is 1. The maximum absolute atomic E-state index is 12.1. The second-order valence-electron chi connectivity index (χ2n) is 9.24. The van der Waals surface area contributed by atoms with Crippen molar-refractivity contribution in [2.24, 2.45) is 5.73 Å². The Kier molecular flexibility index (Phi) is 7.33. The predicted molar refractivity (Wildman–Crippen MR) is 143 cm³/mol. The van der Waals surface area contributed by atoms with Crippen LogP contribution >= 0.6 is 0 Å². The maximum atomic E-state index is 12.1. The molecule has 8 nitrogen and oxygen atoms in total. The van der Waals surface area contributed by atoms with Crippen LogP contribution in [0.15, 0.2) is 48.5 Å². The molecule has 0 spiro atoms. The summed E-state index contributed by atoms with van der Waals surface area (Å²) >= 11 is 0. The average Bonchev–Trinajstić information content (AvgIpc) is 2.87. The number of nitrogens with zero attached hydrogens (tertiary/aromatic N) is 3. The molecule has 4 rings (SSSR count). The lowest BCUT2D eigenvalue weighted by Gasteiger charge is -2.29. The zero-order chi connectivity index (χ0) is 25.9. The van der Waals surface area contributed by atoms with Crippen LogP contribution in [0.2, 0.25) is 0 Å². The Morgan fingerprint density at radius 1 is 1.19 bits per heavy atom. The zero-order valence-corrected chi connectivity index (χ0v) is 21.7. The topological polar surface area (TPSA) is 103 Å². The molecule has 3 aromatic rings. The van der Waals surface area contributed by atoms with Gasteiger partial charge < -0.3 is 25.4 Å². The van der Waals surface area contributed by atoms with Gasteiger partial charge in [0.1, 0.15) is 29.7 Å². The average molecular weight is 490 g/mol. The number of hydrogen-bond donors (Lipinski definition) is 2. The number of ether oxygens (including phenoxy) is 2. The van der Waals surface area contributed by atoms with Gasteiger partial charge in [0.2, 0.25) is 0 Å². The van der Waals surface area contributed by atoms with E-state index in [1.54, 1.807) is 0 Å². The lowest BCUT2D eigenvalue weighted by Crippen LogP contribution is -2.48. The van der Waals surface area contributed by atoms with Crippen LogP contribution < -0.4 is 25.4 Å². The molecule has 1 amide bonds. The van der Waals surface area contributed by atoms with E-state index in [-0.39, 0.29) is 6.04 Å². The largest absolute Gasteiger partial charge is 0.490 e. The third kappa shape index (κ3) is 5.22. The number of benzene rings is 2. The molecule has 3 N–H and O–H groups in total. The first kappa shape index (κ1) is 25.3. The SMILES string of the molecule is CCC(CC)(Oc1cccc(C(C)Nc2cc(-c3ccc4c(c3)N(C)CCO4)nc(C)n2)c1)C(N)=O. The summed E-state index contributed by atoms with van der Waals surface area (Å²) in [5.74, 6) is 2.46. The van der Waals surface area contributed by atoms with Gasteiger partial charge in [-0.2, -0.15) is 0 Å². The summed E-state index contributed by atoms with van der Waals surface area (Å²) in [6.07, 6.45) is 1.01. The van der Waals surface area contributed by atoms with Crippen molar-refractivity contribution in [1.82, 2.24) is 9.97 Å². The molecule has 0 bridgehead atoms. The number of likely N-dealkylation sites (N-methyl/N-ethyl adjacent to an activating group) is 1. The van der Waals surface area contributed by atoms with Crippen molar-refractivity contribution >= 4 is 17.4 Å². The van der Waals surface area contributed by atoms with Crippen molar-refractivity contribution in [3.05, 3.63) is 59.9 Å². The number of carbonyl (C=O) groups is 1. The first-order chi connectivity index (χ1) is 17.2. The molecule has 8 heteroatoms. The van der Waals surface area contributed by atoms with E-state index in [0.29, 0.717) is 31.0 Å². The van der Waals surface area contributed by atoms with Gasteiger partial charge in [0, 0.05) is 18.7 Å². The number of rotatable bonds is 9. The van der Waals surface area contributed by atoms with Crippen LogP contribution in [0.4, 0.5) is 11.5 Å². The molecule has 2 heterocycles. The molecule has 0 saturated heterocycles. The van der Waals surface area contributed by atoms with Gasteiger partial charge in [0.05, 0.1) is 24.0 Å². The second kappa shape index (κ2) is 10.4. The fraction of sp³-hybridized carbons (Fsp3) is 0.393. The maximum Gasteiger partial charge on any atom is 0.261 e. The highest BCUT2D eigenvalue weighted by Gasteiger charge is 2.35. The Labute approximate surface area is 212 Å². The fourth-order valence-corrected chi connectivity index (χ4v) is 4.47. The number of amides is 1. The molecular formula is C28H35N5O3. The van der Waals surface area contributed by atoms with E-state index in [0.717, 1.165) is 40.6 Å². The molecule has 190 valence electrons. The van der Waals surface area contributed by atoms with Crippen LogP contribution in [-0.2, 0) is 4.79 Å². The first-order valence-corrected chi connectivity index (χ1v) is 12.4. The zero-order valence-electron chi connectivity index (χ0n) is 21.7. The standard InChI is InChI=1S/C28H35N5O3/c1-6-28(7-2,27(29)34)36-22-10-8-9-20(15-22)18(3)30-26-17-23(31-19(4)32-26)21-11-12-25-24(16-21)33(5)13-14-35-25/h8-12,15-18H,6-7,13-14H2,1-5H3,(H2,29,34)(H,30,31,32). The normalized spacial score (nSPS) is 14.0. The molecule has 1 unspecified atom stereocenters. The van der Waals surface area contributed by atoms with Gasteiger partial charge in [0.25, 0.3) is 5.91 Å². The van der Waals surface area contributed by atoms with E-state index in [9.17, 15) is 4.79 Å². The molecule has 0 aliphatic carbocycles. The molecule has 1 atom stereocenters. The first-order valence-electron chi connectivity index (χ1n) is 12.4. The summed E-state index contributed by atoms with van der Waals surface area (Å²) in [7, 11) is 2.07. The third-order valence-corrected chi connectivity index (χ3v) is 6.82. The fourth-order valence-electron chi connectivity index (χ4n) is 4.47. The molecule has 2 aromatic carbocycles. The van der Waals surface area contributed by atoms with Crippen LogP contribution in [0.5, 0.6) is 11.5 Å². The molecule has 1 aliphatic heterocycles. The Hall–Kier alpha value is -3.81. The Bertz CT molecular complexity index is 1240. The molecule has 1 aromatic heterocycles. The number of hydrogen-bond acceptors (Lipinski definition) is 7. The predicted octanol–water partition coefficient (Wildman–Crippen LogP) is 4.88. The van der Waals surface area contributed by atoms with Crippen LogP contribution in [0, 0.1) is 6.92 Å². The van der Waals surface area contributed by atoms with E-state index in [2.05, 4.69) is 40.2 Å². The van der Waals surface area contributed by atoms with Crippen LogP contribution in [0.3, 0.4) is 0 Å². The minimum Gasteiger partial charge on any atom is -0.490 e. The Morgan fingerprint density at radius 2 is 1.97 bits per heavy atom. The van der Waals surface area contributed by atoms with Crippen molar-refractivity contribution < 1.29 is 14.3 Å². The monoisotopic (exact) mass is 489 g/mol. The summed E-state index contributed by atoms with van der Waals surface area (Å²) in [6, 6.07) is 15.8. The minimum atomic E-state index is -1.01. The second-order valence-corrected chi connectivity index (χ2v) is 9.24. The summed E-state index contributed by atoms with van der Waals surface area (Å²) in [6.45, 7) is 9.30. The summed E-state index contributed by atoms with van der Waals surface area (Å²) in [5, 5.41) is 3.49. The van der Waals surface area contributed by atoms with E-state index in [1.807, 2.05) is 63.2 Å². The summed E-state index contributed by atoms with van der Waals surface area (Å²) in [4.78, 5) is 23.6. The van der Waals surface area contributed by atoms with Gasteiger partial charge in [0.15, 0.2) is 5.60 Å². The van der Waals surface area contributed by atoms with E-state index in [4.69, 9.17) is 15.2 Å². The molecule has 0 saturated carbocycles. The van der Waals surface area contributed by atoms with Crippen LogP contribution in [-0.4, -0.2) is 41.7 Å². The summed E-state index contributed by atoms with van der Waals surface area (Å²) in [5.41, 5.74) is 8.55. The molecular weight excluding hydrogens is 454 g/mol. The van der Waals surface area contributed by atoms with Gasteiger partial charge in [-0.15, -0.1) is 0 Å². The summed E-state index contributed by atoms with van der Waals surface area (Å²) < 4.78 is 11.9. The minimum absolute atomic E-state index is 0.0648. The smallest absolute Gasteiger partial charge is 0.261 e. The number of carbonyl (C=O) groups excluding carboxylic acids is 1. The van der Waals surface area contributed by atoms with Crippen molar-refractivity contribution in [2.45, 2.75) is 52.2 Å². The lowest BCUT2D eigenvalue weighted by molar-refractivity contribution is -0.134. The van der Waals surface area contributed by atoms with Gasteiger partial charge in [-0.05, 0) is 62.6 Å². The Balaban J connectivity index is 1.56.